The topological polar surface area (TPSA) is 36.4 Å². The molecule has 1 aromatic carbocycles. The van der Waals surface area contributed by atoms with Gasteiger partial charge in [-0.1, -0.05) is 18.2 Å². The summed E-state index contributed by atoms with van der Waals surface area (Å²) in [5.74, 6) is 0. The minimum atomic E-state index is 0.995. The number of rotatable bonds is 1. The Labute approximate surface area is 66.1 Å². The van der Waals surface area contributed by atoms with Crippen LogP contribution in [-0.2, 0) is 0 Å². The highest BCUT2D eigenvalue weighted by molar-refractivity contribution is 5.79. The molecule has 0 saturated heterocycles. The van der Waals surface area contributed by atoms with E-state index < -0.39 is 0 Å². The van der Waals surface area contributed by atoms with E-state index in [1.807, 2.05) is 32.0 Å². The highest BCUT2D eigenvalue weighted by atomic mass is 14.8. The van der Waals surface area contributed by atoms with E-state index in [2.05, 4.69) is 4.79 Å². The Morgan fingerprint density at radius 2 is 1.82 bits per heavy atom. The predicted molar refractivity (Wildman–Crippen MR) is 44.7 cm³/mol. The first-order valence-electron chi connectivity index (χ1n) is 3.49. The number of nitrogens with zero attached hydrogens (tertiary/aromatic N) is 2. The fourth-order valence-corrected chi connectivity index (χ4v) is 1.09. The minimum Gasteiger partial charge on any atom is -0.361 e. The second-order valence-electron chi connectivity index (χ2n) is 2.55. The third kappa shape index (κ3) is 1.54. The molecule has 0 aromatic heterocycles. The third-order valence-corrected chi connectivity index (χ3v) is 1.73. The lowest BCUT2D eigenvalue weighted by atomic mass is 10.0. The van der Waals surface area contributed by atoms with Crippen LogP contribution in [0.15, 0.2) is 18.2 Å². The molecule has 56 valence electrons. The fourth-order valence-electron chi connectivity index (χ4n) is 1.09. The van der Waals surface area contributed by atoms with Crippen LogP contribution in [0.25, 0.3) is 5.53 Å². The first-order chi connectivity index (χ1) is 5.25. The molecule has 2 heteroatoms. The van der Waals surface area contributed by atoms with E-state index in [0.29, 0.717) is 0 Å². The molecule has 0 bridgehead atoms. The van der Waals surface area contributed by atoms with Crippen molar-refractivity contribution in [3.05, 3.63) is 40.4 Å². The smallest absolute Gasteiger partial charge is 0.288 e. The summed E-state index contributed by atoms with van der Waals surface area (Å²) in [5, 5.41) is 0. The first-order valence-corrected chi connectivity index (χ1v) is 3.49. The van der Waals surface area contributed by atoms with Gasteiger partial charge in [0.15, 0.2) is 0 Å². The molecule has 0 unspecified atom stereocenters. The lowest BCUT2D eigenvalue weighted by Crippen LogP contribution is -1.91. The van der Waals surface area contributed by atoms with Crippen molar-refractivity contribution in [2.24, 2.45) is 0 Å². The molecule has 11 heavy (non-hydrogen) atoms. The van der Waals surface area contributed by atoms with Gasteiger partial charge in [0.2, 0.25) is 0 Å². The Morgan fingerprint density at radius 1 is 1.27 bits per heavy atom. The number of aryl methyl sites for hydroxylation is 2. The summed E-state index contributed by atoms with van der Waals surface area (Å²) < 4.78 is 0. The van der Waals surface area contributed by atoms with Crippen molar-refractivity contribution in [2.75, 3.05) is 0 Å². The number of hydrogen-bond donors (Lipinski definition) is 0. The third-order valence-electron chi connectivity index (χ3n) is 1.73. The maximum absolute atomic E-state index is 8.34. The molecule has 0 aliphatic heterocycles. The molecule has 1 rings (SSSR count). The maximum Gasteiger partial charge on any atom is 0.288 e. The Bertz CT molecular complexity index is 289. The molecular weight excluding hydrogens is 136 g/mol. The summed E-state index contributed by atoms with van der Waals surface area (Å²) >= 11 is 0. The Morgan fingerprint density at radius 3 is 2.27 bits per heavy atom. The van der Waals surface area contributed by atoms with Gasteiger partial charge < -0.3 is 5.53 Å². The average molecular weight is 146 g/mol. The lowest BCUT2D eigenvalue weighted by Gasteiger charge is -1.97. The molecule has 1 aromatic rings. The quantitative estimate of drug-likeness (QED) is 0.330. The molecule has 0 spiro atoms. The Hall–Kier alpha value is -1.40. The zero-order chi connectivity index (χ0) is 8.27. The molecule has 0 aliphatic carbocycles. The van der Waals surface area contributed by atoms with Crippen molar-refractivity contribution in [2.45, 2.75) is 13.8 Å². The lowest BCUT2D eigenvalue weighted by molar-refractivity contribution is 0.00449. The van der Waals surface area contributed by atoms with Crippen LogP contribution in [0.1, 0.15) is 16.7 Å². The molecule has 0 radical (unpaired) electrons. The van der Waals surface area contributed by atoms with Crippen LogP contribution in [0.4, 0.5) is 0 Å². The van der Waals surface area contributed by atoms with Crippen LogP contribution >= 0.6 is 0 Å². The number of hydrogen-bond acceptors (Lipinski definition) is 0. The van der Waals surface area contributed by atoms with Gasteiger partial charge in [-0.05, 0) is 25.0 Å². The van der Waals surface area contributed by atoms with Gasteiger partial charge in [0.05, 0.1) is 5.56 Å². The summed E-state index contributed by atoms with van der Waals surface area (Å²) in [6, 6.07) is 5.97. The summed E-state index contributed by atoms with van der Waals surface area (Å²) in [6.45, 7) is 3.98. The van der Waals surface area contributed by atoms with Crippen LogP contribution < -0.4 is 0 Å². The van der Waals surface area contributed by atoms with E-state index in [9.17, 15) is 0 Å². The fraction of sp³-hybridized carbons (Fsp3) is 0.222. The van der Waals surface area contributed by atoms with Gasteiger partial charge in [0.25, 0.3) is 6.21 Å². The largest absolute Gasteiger partial charge is 0.361 e. The molecule has 0 atom stereocenters. The molecule has 2 nitrogen and oxygen atoms in total. The molecular formula is C9H10N2. The van der Waals surface area contributed by atoms with E-state index in [1.54, 1.807) is 0 Å². The van der Waals surface area contributed by atoms with Crippen LogP contribution in [0, 0.1) is 13.8 Å². The number of benzene rings is 1. The van der Waals surface area contributed by atoms with Gasteiger partial charge >= 0.3 is 0 Å². The molecule has 0 amide bonds. The molecule has 0 heterocycles. The second-order valence-corrected chi connectivity index (χ2v) is 2.55. The van der Waals surface area contributed by atoms with Gasteiger partial charge in [-0.15, -0.1) is 0 Å². The van der Waals surface area contributed by atoms with Gasteiger partial charge in [-0.25, -0.2) is 0 Å². The highest BCUT2D eigenvalue weighted by Gasteiger charge is 2.00. The Balaban J connectivity index is 3.31. The van der Waals surface area contributed by atoms with Gasteiger partial charge in [-0.3, -0.25) is 0 Å². The Kier molecular flexibility index (Phi) is 2.19. The molecule has 0 fully saturated rings. The van der Waals surface area contributed by atoms with E-state index in [-0.39, 0.29) is 0 Å². The van der Waals surface area contributed by atoms with Crippen molar-refractivity contribution in [1.29, 1.82) is 0 Å². The van der Waals surface area contributed by atoms with E-state index in [1.165, 1.54) is 6.21 Å². The summed E-state index contributed by atoms with van der Waals surface area (Å²) in [4.78, 5) is 3.00. The van der Waals surface area contributed by atoms with E-state index in [0.717, 1.165) is 16.7 Å². The normalized spacial score (nSPS) is 8.91. The standard InChI is InChI=1S/C9H10N2/c1-7-4-3-5-8(2)9(7)6-11-10/h3-6H,1-2H3. The van der Waals surface area contributed by atoms with Crippen LogP contribution in [0.5, 0.6) is 0 Å². The first kappa shape index (κ1) is 7.70. The van der Waals surface area contributed by atoms with E-state index in [4.69, 9.17) is 5.53 Å². The summed E-state index contributed by atoms with van der Waals surface area (Å²) in [7, 11) is 0. The van der Waals surface area contributed by atoms with Crippen molar-refractivity contribution >= 4 is 6.21 Å². The van der Waals surface area contributed by atoms with Crippen LogP contribution in [-0.4, -0.2) is 11.0 Å². The van der Waals surface area contributed by atoms with Gasteiger partial charge in [-0.2, -0.15) is 4.79 Å². The SMILES string of the molecule is Cc1cccc(C)c1C=[N+]=[N-]. The van der Waals surface area contributed by atoms with E-state index >= 15 is 0 Å². The molecule has 0 N–H and O–H groups in total. The monoisotopic (exact) mass is 146 g/mol. The summed E-state index contributed by atoms with van der Waals surface area (Å²) in [5.41, 5.74) is 11.6. The second kappa shape index (κ2) is 3.13. The van der Waals surface area contributed by atoms with Crippen LogP contribution in [0.3, 0.4) is 0 Å². The minimum absolute atomic E-state index is 0.995. The maximum atomic E-state index is 8.34. The zero-order valence-electron chi connectivity index (χ0n) is 6.70. The van der Waals surface area contributed by atoms with Crippen molar-refractivity contribution in [3.8, 4) is 0 Å². The zero-order valence-corrected chi connectivity index (χ0v) is 6.70. The van der Waals surface area contributed by atoms with Gasteiger partial charge in [0.1, 0.15) is 0 Å². The van der Waals surface area contributed by atoms with Crippen molar-refractivity contribution in [1.82, 2.24) is 0 Å². The molecule has 0 aliphatic rings. The van der Waals surface area contributed by atoms with Crippen molar-refractivity contribution < 1.29 is 4.79 Å². The molecule has 0 saturated carbocycles. The average Bonchev–Trinajstić information content (AvgIpc) is 1.97. The predicted octanol–water partition coefficient (Wildman–Crippen LogP) is 1.95. The summed E-state index contributed by atoms with van der Waals surface area (Å²) in [6.07, 6.45) is 1.46. The van der Waals surface area contributed by atoms with Crippen molar-refractivity contribution in [3.63, 3.8) is 0 Å². The van der Waals surface area contributed by atoms with Crippen LogP contribution in [0.2, 0.25) is 0 Å². The van der Waals surface area contributed by atoms with Gasteiger partial charge in [0, 0.05) is 0 Å². The highest BCUT2D eigenvalue weighted by Crippen LogP contribution is 2.09.